The molecule has 0 heterocycles. The third kappa shape index (κ3) is 1.80. The van der Waals surface area contributed by atoms with Gasteiger partial charge in [0.05, 0.1) is 0 Å². The normalized spacial score (nSPS) is 18.6. The van der Waals surface area contributed by atoms with E-state index in [0.717, 1.165) is 18.9 Å². The molecule has 0 aliphatic heterocycles. The first-order valence-electron chi connectivity index (χ1n) is 4.42. The number of phenols is 1. The molecule has 0 unspecified atom stereocenters. The number of hydrogen-bond donors (Lipinski definition) is 2. The fraction of sp³-hybridized carbons (Fsp3) is 0.400. The van der Waals surface area contributed by atoms with Gasteiger partial charge in [0.25, 0.3) is 0 Å². The van der Waals surface area contributed by atoms with Crippen LogP contribution in [0.1, 0.15) is 24.4 Å². The summed E-state index contributed by atoms with van der Waals surface area (Å²) < 4.78 is 12.9. The van der Waals surface area contributed by atoms with Gasteiger partial charge in [-0.1, -0.05) is 0 Å². The topological polar surface area (TPSA) is 46.2 Å². The maximum atomic E-state index is 12.9. The molecule has 1 aromatic rings. The molecule has 1 fully saturated rings. The zero-order valence-corrected chi connectivity index (χ0v) is 7.20. The summed E-state index contributed by atoms with van der Waals surface area (Å²) in [5.41, 5.74) is 6.55. The monoisotopic (exact) mass is 181 g/mol. The van der Waals surface area contributed by atoms with E-state index >= 15 is 0 Å². The Balaban J connectivity index is 2.27. The van der Waals surface area contributed by atoms with Crippen molar-refractivity contribution in [1.82, 2.24) is 0 Å². The minimum Gasteiger partial charge on any atom is -0.508 e. The Morgan fingerprint density at radius 3 is 2.62 bits per heavy atom. The van der Waals surface area contributed by atoms with Gasteiger partial charge in [-0.25, -0.2) is 4.39 Å². The highest BCUT2D eigenvalue weighted by atomic mass is 19.1. The highest BCUT2D eigenvalue weighted by Gasteiger charge is 2.29. The molecule has 0 amide bonds. The Morgan fingerprint density at radius 2 is 2.08 bits per heavy atom. The number of halogens is 1. The van der Waals surface area contributed by atoms with Gasteiger partial charge >= 0.3 is 0 Å². The molecule has 0 saturated heterocycles. The summed E-state index contributed by atoms with van der Waals surface area (Å²) in [7, 11) is 0. The van der Waals surface area contributed by atoms with Gasteiger partial charge in [-0.05, 0) is 36.5 Å². The summed E-state index contributed by atoms with van der Waals surface area (Å²) in [5.74, 6) is -0.00148. The highest BCUT2D eigenvalue weighted by molar-refractivity contribution is 5.31. The van der Waals surface area contributed by atoms with Gasteiger partial charge in [0, 0.05) is 12.1 Å². The van der Waals surface area contributed by atoms with Crippen LogP contribution >= 0.6 is 0 Å². The lowest BCUT2D eigenvalue weighted by Gasteiger charge is -2.10. The largest absolute Gasteiger partial charge is 0.508 e. The van der Waals surface area contributed by atoms with Crippen LogP contribution in [-0.4, -0.2) is 5.11 Å². The Kier molecular flexibility index (Phi) is 1.96. The number of aromatic hydroxyl groups is 1. The summed E-state index contributed by atoms with van der Waals surface area (Å²) in [5, 5.41) is 9.15. The van der Waals surface area contributed by atoms with Gasteiger partial charge in [-0.3, -0.25) is 0 Å². The number of phenolic OH excluding ortho intramolecular Hbond substituents is 1. The molecule has 1 aliphatic rings. The van der Waals surface area contributed by atoms with Crippen molar-refractivity contribution >= 4 is 0 Å². The predicted octanol–water partition coefficient (Wildman–Crippen LogP) is 1.94. The quantitative estimate of drug-likeness (QED) is 0.732. The third-order valence-corrected chi connectivity index (χ3v) is 2.42. The summed E-state index contributed by atoms with van der Waals surface area (Å²) in [6.45, 7) is 0. The van der Waals surface area contributed by atoms with Crippen LogP contribution in [0.5, 0.6) is 5.75 Å². The molecule has 1 atom stereocenters. The predicted molar refractivity (Wildman–Crippen MR) is 47.7 cm³/mol. The van der Waals surface area contributed by atoms with E-state index in [1.165, 1.54) is 12.1 Å². The van der Waals surface area contributed by atoms with E-state index in [9.17, 15) is 4.39 Å². The number of rotatable bonds is 2. The Morgan fingerprint density at radius 1 is 1.38 bits per heavy atom. The first-order chi connectivity index (χ1) is 6.16. The Labute approximate surface area is 76.2 Å². The molecular formula is C10H12FNO. The van der Waals surface area contributed by atoms with E-state index in [2.05, 4.69) is 0 Å². The van der Waals surface area contributed by atoms with Crippen molar-refractivity contribution in [1.29, 1.82) is 0 Å². The summed E-state index contributed by atoms with van der Waals surface area (Å²) in [6.07, 6.45) is 2.22. The van der Waals surface area contributed by atoms with Crippen molar-refractivity contribution < 1.29 is 9.50 Å². The van der Waals surface area contributed by atoms with E-state index in [-0.39, 0.29) is 11.8 Å². The van der Waals surface area contributed by atoms with E-state index < -0.39 is 5.82 Å². The molecule has 2 rings (SSSR count). The van der Waals surface area contributed by atoms with Crippen LogP contribution in [-0.2, 0) is 0 Å². The molecule has 1 aliphatic carbocycles. The maximum absolute atomic E-state index is 12.9. The number of nitrogens with two attached hydrogens (primary N) is 1. The number of benzene rings is 1. The van der Waals surface area contributed by atoms with Crippen molar-refractivity contribution in [3.63, 3.8) is 0 Å². The highest BCUT2D eigenvalue weighted by Crippen LogP contribution is 2.40. The Hall–Kier alpha value is -1.09. The fourth-order valence-electron chi connectivity index (χ4n) is 1.52. The van der Waals surface area contributed by atoms with Gasteiger partial charge in [-0.2, -0.15) is 0 Å². The first kappa shape index (κ1) is 8.51. The molecule has 70 valence electrons. The summed E-state index contributed by atoms with van der Waals surface area (Å²) in [6, 6.07) is 3.89. The lowest BCUT2D eigenvalue weighted by Crippen LogP contribution is -2.12. The Bertz CT molecular complexity index is 302. The standard InChI is InChI=1S/C10H12FNO/c11-8-3-7(4-9(13)5-8)10(12)6-1-2-6/h3-6,10,13H,1-2,12H2/t10-/m1/s1. The van der Waals surface area contributed by atoms with Crippen molar-refractivity contribution in [2.75, 3.05) is 0 Å². The molecule has 0 aromatic heterocycles. The lowest BCUT2D eigenvalue weighted by molar-refractivity contribution is 0.465. The van der Waals surface area contributed by atoms with Crippen molar-refractivity contribution in [2.24, 2.45) is 11.7 Å². The summed E-state index contributed by atoms with van der Waals surface area (Å²) >= 11 is 0. The molecule has 0 spiro atoms. The lowest BCUT2D eigenvalue weighted by atomic mass is 10.0. The SMILES string of the molecule is N[C@@H](c1cc(O)cc(F)c1)C1CC1. The first-order valence-corrected chi connectivity index (χ1v) is 4.42. The molecule has 1 aromatic carbocycles. The van der Waals surface area contributed by atoms with Crippen LogP contribution in [0.2, 0.25) is 0 Å². The second-order valence-electron chi connectivity index (χ2n) is 3.61. The van der Waals surface area contributed by atoms with E-state index in [4.69, 9.17) is 10.8 Å². The second kappa shape index (κ2) is 3.00. The summed E-state index contributed by atoms with van der Waals surface area (Å²) in [4.78, 5) is 0. The van der Waals surface area contributed by atoms with Crippen LogP contribution in [0.25, 0.3) is 0 Å². The van der Waals surface area contributed by atoms with Crippen LogP contribution in [0.4, 0.5) is 4.39 Å². The van der Waals surface area contributed by atoms with Crippen LogP contribution in [0.15, 0.2) is 18.2 Å². The molecule has 13 heavy (non-hydrogen) atoms. The molecule has 2 nitrogen and oxygen atoms in total. The molecule has 1 saturated carbocycles. The smallest absolute Gasteiger partial charge is 0.127 e. The van der Waals surface area contributed by atoms with Crippen molar-refractivity contribution in [3.8, 4) is 5.75 Å². The zero-order valence-electron chi connectivity index (χ0n) is 7.20. The van der Waals surface area contributed by atoms with Gasteiger partial charge in [0.2, 0.25) is 0 Å². The van der Waals surface area contributed by atoms with Gasteiger partial charge in [0.1, 0.15) is 11.6 Å². The van der Waals surface area contributed by atoms with Crippen LogP contribution < -0.4 is 5.73 Å². The molecule has 0 radical (unpaired) electrons. The fourth-order valence-corrected chi connectivity index (χ4v) is 1.52. The van der Waals surface area contributed by atoms with E-state index in [1.54, 1.807) is 0 Å². The minimum absolute atomic E-state index is 0.0499. The molecule has 0 bridgehead atoms. The van der Waals surface area contributed by atoms with Crippen LogP contribution in [0, 0.1) is 11.7 Å². The van der Waals surface area contributed by atoms with E-state index in [1.807, 2.05) is 0 Å². The van der Waals surface area contributed by atoms with Gasteiger partial charge in [-0.15, -0.1) is 0 Å². The number of hydrogen-bond acceptors (Lipinski definition) is 2. The van der Waals surface area contributed by atoms with Crippen molar-refractivity contribution in [2.45, 2.75) is 18.9 Å². The molecule has 3 heteroatoms. The van der Waals surface area contributed by atoms with Crippen LogP contribution in [0.3, 0.4) is 0 Å². The maximum Gasteiger partial charge on any atom is 0.127 e. The molecule has 3 N–H and O–H groups in total. The third-order valence-electron chi connectivity index (χ3n) is 2.42. The van der Waals surface area contributed by atoms with E-state index in [0.29, 0.717) is 11.5 Å². The van der Waals surface area contributed by atoms with Gasteiger partial charge < -0.3 is 10.8 Å². The van der Waals surface area contributed by atoms with Gasteiger partial charge in [0.15, 0.2) is 0 Å². The van der Waals surface area contributed by atoms with Crippen molar-refractivity contribution in [3.05, 3.63) is 29.6 Å². The second-order valence-corrected chi connectivity index (χ2v) is 3.61. The molecular weight excluding hydrogens is 169 g/mol. The zero-order chi connectivity index (χ0) is 9.42. The average Bonchev–Trinajstić information content (AvgIpc) is 2.83. The minimum atomic E-state index is -0.425. The average molecular weight is 181 g/mol.